The van der Waals surface area contributed by atoms with Crippen LogP contribution in [0.4, 0.5) is 0 Å². The molecule has 0 aliphatic carbocycles. The van der Waals surface area contributed by atoms with E-state index in [1.54, 1.807) is 29.2 Å². The number of aryl methyl sites for hydroxylation is 1. The average Bonchev–Trinajstić information content (AvgIpc) is 3.34. The van der Waals surface area contributed by atoms with E-state index in [0.717, 1.165) is 11.3 Å². The second kappa shape index (κ2) is 9.72. The number of hydrogen-bond donors (Lipinski definition) is 0. The van der Waals surface area contributed by atoms with Crippen LogP contribution in [0.5, 0.6) is 0 Å². The maximum Gasteiger partial charge on any atom is 0.338 e. The van der Waals surface area contributed by atoms with Crippen LogP contribution in [0.3, 0.4) is 0 Å². The maximum atomic E-state index is 13.8. The molecule has 0 saturated heterocycles. The van der Waals surface area contributed by atoms with Gasteiger partial charge in [0.05, 0.1) is 39.8 Å². The topological polar surface area (TPSA) is 78.5 Å². The van der Waals surface area contributed by atoms with Crippen molar-refractivity contribution in [3.05, 3.63) is 114 Å². The fourth-order valence-electron chi connectivity index (χ4n) is 4.29. The molecule has 0 bridgehead atoms. The zero-order valence-electron chi connectivity index (χ0n) is 19.9. The first-order valence-electron chi connectivity index (χ1n) is 11.5. The summed E-state index contributed by atoms with van der Waals surface area (Å²) in [6, 6.07) is 18.4. The molecule has 0 N–H and O–H groups in total. The van der Waals surface area contributed by atoms with Crippen molar-refractivity contribution in [3.8, 4) is 5.69 Å². The van der Waals surface area contributed by atoms with Crippen molar-refractivity contribution in [2.24, 2.45) is 4.99 Å². The molecular formula is C27H23ClN4O3S. The van der Waals surface area contributed by atoms with Crippen LogP contribution < -0.4 is 14.9 Å². The SMILES string of the molecule is CCOC(=O)C1=C(C)N=c2sc(=Cc3c(C)nn(-c4ccccc4)c3Cl)c(=O)n2C1c1ccccc1. The Kier molecular flexibility index (Phi) is 6.47. The lowest BCUT2D eigenvalue weighted by atomic mass is 9.96. The first kappa shape index (κ1) is 24.0. The Bertz CT molecular complexity index is 1670. The van der Waals surface area contributed by atoms with E-state index in [1.807, 2.05) is 67.6 Å². The predicted molar refractivity (Wildman–Crippen MR) is 140 cm³/mol. The largest absolute Gasteiger partial charge is 0.463 e. The number of carbonyl (C=O) groups is 1. The van der Waals surface area contributed by atoms with Gasteiger partial charge in [0.1, 0.15) is 5.15 Å². The Morgan fingerprint density at radius 3 is 2.44 bits per heavy atom. The zero-order chi connectivity index (χ0) is 25.4. The minimum Gasteiger partial charge on any atom is -0.463 e. The van der Waals surface area contributed by atoms with Crippen LogP contribution in [0.25, 0.3) is 11.8 Å². The molecule has 1 aliphatic heterocycles. The van der Waals surface area contributed by atoms with Gasteiger partial charge in [-0.1, -0.05) is 71.5 Å². The van der Waals surface area contributed by atoms with Crippen molar-refractivity contribution in [3.63, 3.8) is 0 Å². The number of benzene rings is 2. The molecule has 0 radical (unpaired) electrons. The van der Waals surface area contributed by atoms with Gasteiger partial charge in [-0.05, 0) is 44.5 Å². The Balaban J connectivity index is 1.70. The van der Waals surface area contributed by atoms with Crippen molar-refractivity contribution in [1.82, 2.24) is 14.3 Å². The van der Waals surface area contributed by atoms with Crippen LogP contribution in [0.1, 0.15) is 36.7 Å². The van der Waals surface area contributed by atoms with Gasteiger partial charge in [-0.2, -0.15) is 5.10 Å². The number of aromatic nitrogens is 3. The number of carbonyl (C=O) groups excluding carboxylic acids is 1. The normalized spacial score (nSPS) is 15.6. The van der Waals surface area contributed by atoms with Gasteiger partial charge in [0.15, 0.2) is 4.80 Å². The van der Waals surface area contributed by atoms with E-state index >= 15 is 0 Å². The lowest BCUT2D eigenvalue weighted by molar-refractivity contribution is -0.139. The highest BCUT2D eigenvalue weighted by Crippen LogP contribution is 2.30. The fourth-order valence-corrected chi connectivity index (χ4v) is 5.64. The Hall–Kier alpha value is -3.75. The number of para-hydroxylation sites is 1. The second-order valence-corrected chi connectivity index (χ2v) is 9.62. The van der Waals surface area contributed by atoms with Gasteiger partial charge in [-0.25, -0.2) is 14.5 Å². The van der Waals surface area contributed by atoms with Crippen molar-refractivity contribution in [1.29, 1.82) is 0 Å². The first-order valence-corrected chi connectivity index (χ1v) is 12.6. The minimum atomic E-state index is -0.646. The van der Waals surface area contributed by atoms with Crippen LogP contribution in [-0.4, -0.2) is 26.9 Å². The Morgan fingerprint density at radius 1 is 1.11 bits per heavy atom. The smallest absolute Gasteiger partial charge is 0.338 e. The third kappa shape index (κ3) is 4.12. The molecule has 0 fully saturated rings. The highest BCUT2D eigenvalue weighted by molar-refractivity contribution is 7.07. The molecular weight excluding hydrogens is 496 g/mol. The van der Waals surface area contributed by atoms with Crippen LogP contribution in [0.2, 0.25) is 5.15 Å². The molecule has 9 heteroatoms. The molecule has 0 saturated carbocycles. The molecule has 182 valence electrons. The molecule has 3 heterocycles. The van der Waals surface area contributed by atoms with Crippen LogP contribution >= 0.6 is 22.9 Å². The summed E-state index contributed by atoms with van der Waals surface area (Å²) in [5.41, 5.74) is 3.60. The van der Waals surface area contributed by atoms with Crippen molar-refractivity contribution in [2.75, 3.05) is 6.61 Å². The van der Waals surface area contributed by atoms with Crippen LogP contribution in [0, 0.1) is 6.92 Å². The quantitative estimate of drug-likeness (QED) is 0.375. The zero-order valence-corrected chi connectivity index (χ0v) is 21.5. The third-order valence-electron chi connectivity index (χ3n) is 5.96. The molecule has 2 aromatic carbocycles. The fraction of sp³-hybridized carbons (Fsp3) is 0.185. The lowest BCUT2D eigenvalue weighted by Crippen LogP contribution is -2.39. The summed E-state index contributed by atoms with van der Waals surface area (Å²) >= 11 is 7.97. The van der Waals surface area contributed by atoms with Gasteiger partial charge < -0.3 is 4.74 Å². The molecule has 0 amide bonds. The minimum absolute atomic E-state index is 0.227. The van der Waals surface area contributed by atoms with E-state index in [4.69, 9.17) is 16.3 Å². The summed E-state index contributed by atoms with van der Waals surface area (Å²) in [6.45, 7) is 5.60. The summed E-state index contributed by atoms with van der Waals surface area (Å²) in [7, 11) is 0. The molecule has 0 spiro atoms. The summed E-state index contributed by atoms with van der Waals surface area (Å²) in [5, 5.41) is 4.98. The summed E-state index contributed by atoms with van der Waals surface area (Å²) in [4.78, 5) is 31.8. The average molecular weight is 519 g/mol. The van der Waals surface area contributed by atoms with Gasteiger partial charge in [-0.15, -0.1) is 0 Å². The molecule has 2 aromatic heterocycles. The predicted octanol–water partition coefficient (Wildman–Crippen LogP) is 3.95. The van der Waals surface area contributed by atoms with E-state index in [-0.39, 0.29) is 12.2 Å². The van der Waals surface area contributed by atoms with Crippen molar-refractivity contribution >= 4 is 35.0 Å². The van der Waals surface area contributed by atoms with Crippen LogP contribution in [-0.2, 0) is 9.53 Å². The molecule has 7 nitrogen and oxygen atoms in total. The number of ether oxygens (including phenoxy) is 1. The van der Waals surface area contributed by atoms with E-state index in [9.17, 15) is 9.59 Å². The van der Waals surface area contributed by atoms with E-state index in [1.165, 1.54) is 11.3 Å². The first-order chi connectivity index (χ1) is 17.4. The number of nitrogens with zero attached hydrogens (tertiary/aromatic N) is 4. The molecule has 1 unspecified atom stereocenters. The van der Waals surface area contributed by atoms with Crippen molar-refractivity contribution in [2.45, 2.75) is 26.8 Å². The number of halogens is 1. The molecule has 1 atom stereocenters. The molecule has 36 heavy (non-hydrogen) atoms. The van der Waals surface area contributed by atoms with Gasteiger partial charge >= 0.3 is 5.97 Å². The van der Waals surface area contributed by atoms with Gasteiger partial charge in [-0.3, -0.25) is 9.36 Å². The summed E-state index contributed by atoms with van der Waals surface area (Å²) < 4.78 is 9.00. The molecule has 1 aliphatic rings. The maximum absolute atomic E-state index is 13.8. The van der Waals surface area contributed by atoms with Crippen molar-refractivity contribution < 1.29 is 9.53 Å². The molecule has 4 aromatic rings. The Morgan fingerprint density at radius 2 is 1.78 bits per heavy atom. The van der Waals surface area contributed by atoms with Crippen LogP contribution in [0.15, 0.2) is 81.7 Å². The standard InChI is InChI=1S/C27H23ClN4O3S/c1-4-35-26(34)22-17(3)29-27-31(23(22)18-11-7-5-8-12-18)25(33)21(36-27)15-20-16(2)30-32(24(20)28)19-13-9-6-10-14-19/h5-15,23H,4H2,1-3H3. The number of fused-ring (bicyclic) bond motifs is 1. The highest BCUT2D eigenvalue weighted by Gasteiger charge is 2.33. The lowest BCUT2D eigenvalue weighted by Gasteiger charge is -2.24. The Labute approximate surface area is 216 Å². The third-order valence-corrected chi connectivity index (χ3v) is 7.30. The number of hydrogen-bond acceptors (Lipinski definition) is 6. The number of esters is 1. The second-order valence-electron chi connectivity index (χ2n) is 8.25. The summed E-state index contributed by atoms with van der Waals surface area (Å²) in [6.07, 6.45) is 1.75. The number of allylic oxidation sites excluding steroid dienone is 1. The van der Waals surface area contributed by atoms with E-state index < -0.39 is 12.0 Å². The van der Waals surface area contributed by atoms with Gasteiger partial charge in [0, 0.05) is 5.56 Å². The number of thiazole rings is 1. The number of rotatable bonds is 5. The van der Waals surface area contributed by atoms with E-state index in [0.29, 0.717) is 37.0 Å². The highest BCUT2D eigenvalue weighted by atomic mass is 35.5. The monoisotopic (exact) mass is 518 g/mol. The van der Waals surface area contributed by atoms with Gasteiger partial charge in [0.2, 0.25) is 0 Å². The molecule has 5 rings (SSSR count). The van der Waals surface area contributed by atoms with E-state index in [2.05, 4.69) is 10.1 Å². The summed E-state index contributed by atoms with van der Waals surface area (Å²) in [5.74, 6) is -0.482. The van der Waals surface area contributed by atoms with Gasteiger partial charge in [0.25, 0.3) is 5.56 Å².